The third kappa shape index (κ3) is 4.15. The van der Waals surface area contributed by atoms with Gasteiger partial charge in [-0.15, -0.1) is 4.39 Å². The maximum absolute atomic E-state index is 12.5. The Morgan fingerprint density at radius 3 is 2.41 bits per heavy atom. The minimum Gasteiger partial charge on any atom is -0.317 e. The molecule has 0 spiro atoms. The quantitative estimate of drug-likeness (QED) is 0.344. The summed E-state index contributed by atoms with van der Waals surface area (Å²) in [5, 5.41) is 0. The second-order valence-corrected chi connectivity index (χ2v) is 8.36. The van der Waals surface area contributed by atoms with Gasteiger partial charge in [0.15, 0.2) is 0 Å². The molecule has 1 fully saturated rings. The van der Waals surface area contributed by atoms with Crippen molar-refractivity contribution in [3.8, 4) is 0 Å². The smallest absolute Gasteiger partial charge is 0.317 e. The first kappa shape index (κ1) is 15.3. The van der Waals surface area contributed by atoms with E-state index in [1.165, 1.54) is 7.05 Å². The van der Waals surface area contributed by atoms with Crippen LogP contribution < -0.4 is 0 Å². The number of amides is 1. The van der Waals surface area contributed by atoms with Crippen LogP contribution in [0.1, 0.15) is 20.3 Å². The van der Waals surface area contributed by atoms with Crippen molar-refractivity contribution in [1.29, 1.82) is 0 Å². The molecular formula is C8H16FN2O3PS2. The highest BCUT2D eigenvalue weighted by molar-refractivity contribution is 8.15. The van der Waals surface area contributed by atoms with Gasteiger partial charge in [-0.05, 0) is 32.1 Å². The number of halogens is 1. The number of carbonyl (C=O) groups excluding carboxylic acids is 1. The molecule has 0 saturated carbocycles. The first-order chi connectivity index (χ1) is 7.87. The molecule has 0 bridgehead atoms. The Hall–Kier alpha value is 0.280. The molecule has 0 unspecified atom stereocenters. The molecule has 1 amide bonds. The van der Waals surface area contributed by atoms with Gasteiger partial charge < -0.3 is 9.05 Å². The maximum atomic E-state index is 12.5. The standard InChI is InChI=1S/C8H16FN2O3PS2/c1-7(2)11(17-10(3)8(9)12)15(16)13-5-4-6-14-15/h7H,4-6H2,1-3H3. The largest absolute Gasteiger partial charge is 0.410 e. The van der Waals surface area contributed by atoms with Gasteiger partial charge in [0, 0.05) is 13.1 Å². The summed E-state index contributed by atoms with van der Waals surface area (Å²) in [5.41, 5.74) is 0. The molecule has 0 atom stereocenters. The summed E-state index contributed by atoms with van der Waals surface area (Å²) >= 11 is 6.27. The topological polar surface area (TPSA) is 42.0 Å². The van der Waals surface area contributed by atoms with E-state index in [0.29, 0.717) is 13.2 Å². The molecule has 1 aliphatic heterocycles. The maximum Gasteiger partial charge on any atom is 0.410 e. The lowest BCUT2D eigenvalue weighted by molar-refractivity contribution is 0.158. The van der Waals surface area contributed by atoms with Crippen molar-refractivity contribution in [1.82, 2.24) is 8.38 Å². The first-order valence-electron chi connectivity index (χ1n) is 5.17. The highest BCUT2D eigenvalue weighted by atomic mass is 32.5. The highest BCUT2D eigenvalue weighted by Crippen LogP contribution is 2.59. The predicted octanol–water partition coefficient (Wildman–Crippen LogP) is 2.94. The Labute approximate surface area is 110 Å². The van der Waals surface area contributed by atoms with Crippen molar-refractivity contribution in [3.05, 3.63) is 0 Å². The van der Waals surface area contributed by atoms with Gasteiger partial charge in [0.25, 0.3) is 6.64 Å². The molecule has 0 aromatic heterocycles. The van der Waals surface area contributed by atoms with Gasteiger partial charge in [0.1, 0.15) is 0 Å². The van der Waals surface area contributed by atoms with Crippen molar-refractivity contribution in [2.24, 2.45) is 0 Å². The van der Waals surface area contributed by atoms with Crippen LogP contribution in [0, 0.1) is 0 Å². The fourth-order valence-electron chi connectivity index (χ4n) is 1.15. The second-order valence-electron chi connectivity index (χ2n) is 3.72. The van der Waals surface area contributed by atoms with Crippen LogP contribution >= 0.6 is 18.8 Å². The molecule has 1 saturated heterocycles. The van der Waals surface area contributed by atoms with Gasteiger partial charge in [0.2, 0.25) is 0 Å². The molecular weight excluding hydrogens is 286 g/mol. The lowest BCUT2D eigenvalue weighted by Crippen LogP contribution is -2.30. The zero-order valence-electron chi connectivity index (χ0n) is 9.96. The van der Waals surface area contributed by atoms with Crippen molar-refractivity contribution in [2.45, 2.75) is 26.3 Å². The third-order valence-corrected chi connectivity index (χ3v) is 7.21. The van der Waals surface area contributed by atoms with Crippen LogP contribution in [0.5, 0.6) is 0 Å². The molecule has 5 nitrogen and oxygen atoms in total. The van der Waals surface area contributed by atoms with Crippen molar-refractivity contribution < 1.29 is 18.2 Å². The SMILES string of the molecule is CC(C)N(SN(C)C(=O)F)P1(=S)OCCCO1. The van der Waals surface area contributed by atoms with Crippen molar-refractivity contribution >= 4 is 36.7 Å². The summed E-state index contributed by atoms with van der Waals surface area (Å²) in [5.74, 6) is 0. The number of carbonyl (C=O) groups is 1. The molecule has 1 heterocycles. The molecule has 1 aliphatic rings. The van der Waals surface area contributed by atoms with Crippen LogP contribution in [-0.4, -0.2) is 40.8 Å². The van der Waals surface area contributed by atoms with Gasteiger partial charge in [-0.2, -0.15) is 4.08 Å². The van der Waals surface area contributed by atoms with Crippen LogP contribution in [-0.2, 0) is 20.9 Å². The first-order valence-corrected chi connectivity index (χ1v) is 8.49. The Morgan fingerprint density at radius 1 is 1.47 bits per heavy atom. The summed E-state index contributed by atoms with van der Waals surface area (Å²) in [6.07, 6.45) is -0.730. The monoisotopic (exact) mass is 302 g/mol. The molecule has 9 heteroatoms. The fraction of sp³-hybridized carbons (Fsp3) is 0.875. The summed E-state index contributed by atoms with van der Waals surface area (Å²) in [6.45, 7) is 2.24. The van der Waals surface area contributed by atoms with E-state index >= 15 is 0 Å². The van der Waals surface area contributed by atoms with Gasteiger partial charge in [-0.1, -0.05) is 0 Å². The molecule has 17 heavy (non-hydrogen) atoms. The van der Waals surface area contributed by atoms with E-state index < -0.39 is 12.8 Å². The van der Waals surface area contributed by atoms with E-state index in [4.69, 9.17) is 20.9 Å². The van der Waals surface area contributed by atoms with Crippen LogP contribution in [0.4, 0.5) is 9.18 Å². The number of nitrogens with zero attached hydrogens (tertiary/aromatic N) is 2. The fourth-order valence-corrected chi connectivity index (χ4v) is 5.49. The Balaban J connectivity index is 2.77. The minimum atomic E-state index is -2.60. The Morgan fingerprint density at radius 2 is 2.00 bits per heavy atom. The minimum absolute atomic E-state index is 0.0225. The van der Waals surface area contributed by atoms with E-state index in [2.05, 4.69) is 0 Å². The molecule has 0 aliphatic carbocycles. The van der Waals surface area contributed by atoms with Crippen LogP contribution in [0.3, 0.4) is 0 Å². The van der Waals surface area contributed by atoms with E-state index in [-0.39, 0.29) is 6.04 Å². The van der Waals surface area contributed by atoms with E-state index in [9.17, 15) is 9.18 Å². The summed E-state index contributed by atoms with van der Waals surface area (Å²) in [7, 11) is 1.34. The lowest BCUT2D eigenvalue weighted by atomic mass is 10.4. The Bertz CT molecular complexity index is 322. The zero-order valence-corrected chi connectivity index (χ0v) is 12.5. The highest BCUT2D eigenvalue weighted by Gasteiger charge is 2.35. The summed E-state index contributed by atoms with van der Waals surface area (Å²) < 4.78 is 26.1. The average molecular weight is 302 g/mol. The van der Waals surface area contributed by atoms with Gasteiger partial charge in [0.05, 0.1) is 25.3 Å². The molecule has 0 aromatic rings. The lowest BCUT2D eigenvalue weighted by Gasteiger charge is -2.38. The number of hydrogen-bond donors (Lipinski definition) is 0. The van der Waals surface area contributed by atoms with Gasteiger partial charge >= 0.3 is 6.16 Å². The molecule has 0 radical (unpaired) electrons. The summed E-state index contributed by atoms with van der Waals surface area (Å²) in [4.78, 5) is 10.6. The van der Waals surface area contributed by atoms with E-state index in [1.807, 2.05) is 13.8 Å². The van der Waals surface area contributed by atoms with Crippen LogP contribution in [0.25, 0.3) is 0 Å². The normalized spacial score (nSPS) is 19.6. The van der Waals surface area contributed by atoms with Crippen LogP contribution in [0.15, 0.2) is 0 Å². The third-order valence-electron chi connectivity index (χ3n) is 1.93. The number of rotatable bonds is 4. The number of hydrogen-bond acceptors (Lipinski definition) is 5. The van der Waals surface area contributed by atoms with Gasteiger partial charge in [-0.3, -0.25) is 0 Å². The molecule has 0 N–H and O–H groups in total. The van der Waals surface area contributed by atoms with Crippen LogP contribution in [0.2, 0.25) is 0 Å². The molecule has 100 valence electrons. The molecule has 1 rings (SSSR count). The molecule has 0 aromatic carbocycles. The predicted molar refractivity (Wildman–Crippen MR) is 69.6 cm³/mol. The van der Waals surface area contributed by atoms with Crippen molar-refractivity contribution in [3.63, 3.8) is 0 Å². The zero-order chi connectivity index (χ0) is 13.1. The Kier molecular flexibility index (Phi) is 5.82. The second kappa shape index (κ2) is 6.45. The van der Waals surface area contributed by atoms with Crippen molar-refractivity contribution in [2.75, 3.05) is 20.3 Å². The van der Waals surface area contributed by atoms with Gasteiger partial charge in [-0.25, -0.2) is 9.10 Å². The average Bonchev–Trinajstić information content (AvgIpc) is 2.25. The summed E-state index contributed by atoms with van der Waals surface area (Å²) in [6, 6.07) is -0.0225. The van der Waals surface area contributed by atoms with E-state index in [0.717, 1.165) is 22.9 Å². The van der Waals surface area contributed by atoms with E-state index in [1.54, 1.807) is 4.08 Å².